The number of halogens is 1. The second-order valence-corrected chi connectivity index (χ2v) is 6.14. The molecule has 0 aliphatic carbocycles. The first-order valence-electron chi connectivity index (χ1n) is 8.80. The van der Waals surface area contributed by atoms with Crippen LogP contribution in [-0.2, 0) is 4.74 Å². The lowest BCUT2D eigenvalue weighted by molar-refractivity contribution is 0.0505. The minimum Gasteiger partial charge on any atom is -0.462 e. The van der Waals surface area contributed by atoms with Crippen molar-refractivity contribution in [2.45, 2.75) is 20.3 Å². The van der Waals surface area contributed by atoms with Crippen molar-refractivity contribution in [3.8, 4) is 11.3 Å². The molecule has 0 aliphatic heterocycles. The Morgan fingerprint density at radius 1 is 1.11 bits per heavy atom. The van der Waals surface area contributed by atoms with Crippen molar-refractivity contribution >= 4 is 17.6 Å². The first-order chi connectivity index (χ1) is 13.5. The van der Waals surface area contributed by atoms with Gasteiger partial charge < -0.3 is 14.6 Å². The SMILES string of the molecule is CCCOC(=O)c1ccc(NC(=O)c2c(-c3ccc(F)cc3)noc2C)cc1. The molecule has 3 aromatic rings. The summed E-state index contributed by atoms with van der Waals surface area (Å²) in [6.45, 7) is 3.90. The van der Waals surface area contributed by atoms with Gasteiger partial charge in [-0.3, -0.25) is 4.79 Å². The number of hydrogen-bond acceptors (Lipinski definition) is 5. The topological polar surface area (TPSA) is 81.4 Å². The largest absolute Gasteiger partial charge is 0.462 e. The van der Waals surface area contributed by atoms with Crippen LogP contribution in [0.1, 0.15) is 39.8 Å². The third-order valence-corrected chi connectivity index (χ3v) is 4.02. The van der Waals surface area contributed by atoms with E-state index >= 15 is 0 Å². The van der Waals surface area contributed by atoms with Crippen LogP contribution in [0.5, 0.6) is 0 Å². The molecule has 1 heterocycles. The quantitative estimate of drug-likeness (QED) is 0.630. The molecule has 0 bridgehead atoms. The zero-order valence-electron chi connectivity index (χ0n) is 15.5. The Morgan fingerprint density at radius 3 is 2.43 bits per heavy atom. The smallest absolute Gasteiger partial charge is 0.338 e. The van der Waals surface area contributed by atoms with Crippen LogP contribution in [0.15, 0.2) is 53.1 Å². The molecule has 7 heteroatoms. The molecule has 0 spiro atoms. The molecule has 144 valence electrons. The highest BCUT2D eigenvalue weighted by atomic mass is 19.1. The van der Waals surface area contributed by atoms with Gasteiger partial charge in [0.05, 0.1) is 12.2 Å². The van der Waals surface area contributed by atoms with Crippen molar-refractivity contribution in [2.24, 2.45) is 0 Å². The zero-order valence-corrected chi connectivity index (χ0v) is 15.5. The summed E-state index contributed by atoms with van der Waals surface area (Å²) in [5, 5.41) is 6.68. The number of nitrogens with one attached hydrogen (secondary N) is 1. The lowest BCUT2D eigenvalue weighted by Crippen LogP contribution is -2.14. The molecule has 1 N–H and O–H groups in total. The van der Waals surface area contributed by atoms with Crippen molar-refractivity contribution in [2.75, 3.05) is 11.9 Å². The van der Waals surface area contributed by atoms with Crippen LogP contribution in [0.3, 0.4) is 0 Å². The lowest BCUT2D eigenvalue weighted by atomic mass is 10.1. The molecule has 0 fully saturated rings. The molecule has 3 rings (SSSR count). The van der Waals surface area contributed by atoms with E-state index in [4.69, 9.17) is 9.26 Å². The number of rotatable bonds is 6. The summed E-state index contributed by atoms with van der Waals surface area (Å²) in [5.74, 6) is -0.864. The van der Waals surface area contributed by atoms with E-state index in [1.165, 1.54) is 24.3 Å². The summed E-state index contributed by atoms with van der Waals surface area (Å²) in [7, 11) is 0. The summed E-state index contributed by atoms with van der Waals surface area (Å²) in [6, 6.07) is 12.0. The number of amides is 1. The first kappa shape index (κ1) is 19.3. The van der Waals surface area contributed by atoms with E-state index in [1.54, 1.807) is 31.2 Å². The Hall–Kier alpha value is -3.48. The molecule has 0 radical (unpaired) electrons. The number of anilines is 1. The van der Waals surface area contributed by atoms with E-state index in [9.17, 15) is 14.0 Å². The van der Waals surface area contributed by atoms with Gasteiger partial charge >= 0.3 is 5.97 Å². The Bertz CT molecular complexity index is 979. The molecular weight excluding hydrogens is 363 g/mol. The number of aryl methyl sites for hydroxylation is 1. The zero-order chi connectivity index (χ0) is 20.1. The average Bonchev–Trinajstić information content (AvgIpc) is 3.08. The molecule has 2 aromatic carbocycles. The van der Waals surface area contributed by atoms with Crippen LogP contribution in [0.2, 0.25) is 0 Å². The van der Waals surface area contributed by atoms with Crippen molar-refractivity contribution in [3.05, 3.63) is 71.2 Å². The van der Waals surface area contributed by atoms with Crippen LogP contribution in [0.4, 0.5) is 10.1 Å². The fourth-order valence-corrected chi connectivity index (χ4v) is 2.61. The molecule has 0 saturated heterocycles. The van der Waals surface area contributed by atoms with E-state index in [1.807, 2.05) is 6.92 Å². The monoisotopic (exact) mass is 382 g/mol. The van der Waals surface area contributed by atoms with Crippen LogP contribution in [-0.4, -0.2) is 23.6 Å². The van der Waals surface area contributed by atoms with Crippen molar-refractivity contribution in [1.82, 2.24) is 5.16 Å². The minimum absolute atomic E-state index is 0.262. The summed E-state index contributed by atoms with van der Waals surface area (Å²) in [6.07, 6.45) is 0.744. The van der Waals surface area contributed by atoms with Gasteiger partial charge in [-0.2, -0.15) is 0 Å². The highest BCUT2D eigenvalue weighted by Gasteiger charge is 2.22. The van der Waals surface area contributed by atoms with Crippen LogP contribution in [0.25, 0.3) is 11.3 Å². The third kappa shape index (κ3) is 4.25. The normalized spacial score (nSPS) is 10.5. The van der Waals surface area contributed by atoms with E-state index in [-0.39, 0.29) is 11.4 Å². The van der Waals surface area contributed by atoms with Crippen molar-refractivity contribution in [3.63, 3.8) is 0 Å². The number of hydrogen-bond donors (Lipinski definition) is 1. The number of ether oxygens (including phenoxy) is 1. The fraction of sp³-hybridized carbons (Fsp3) is 0.190. The summed E-state index contributed by atoms with van der Waals surface area (Å²) in [5.41, 5.74) is 2.06. The Labute approximate surface area is 161 Å². The fourth-order valence-electron chi connectivity index (χ4n) is 2.61. The predicted molar refractivity (Wildman–Crippen MR) is 102 cm³/mol. The number of esters is 1. The van der Waals surface area contributed by atoms with E-state index < -0.39 is 11.9 Å². The molecule has 28 heavy (non-hydrogen) atoms. The summed E-state index contributed by atoms with van der Waals surface area (Å²) in [4.78, 5) is 24.6. The molecule has 6 nitrogen and oxygen atoms in total. The lowest BCUT2D eigenvalue weighted by Gasteiger charge is -2.07. The highest BCUT2D eigenvalue weighted by molar-refractivity contribution is 6.08. The molecular formula is C21H19FN2O4. The number of nitrogens with zero attached hydrogens (tertiary/aromatic N) is 1. The Kier molecular flexibility index (Phi) is 5.84. The van der Waals surface area contributed by atoms with Gasteiger partial charge in [-0.25, -0.2) is 9.18 Å². The third-order valence-electron chi connectivity index (χ3n) is 4.02. The van der Waals surface area contributed by atoms with Crippen LogP contribution < -0.4 is 5.32 Å². The van der Waals surface area contributed by atoms with Gasteiger partial charge in [0.2, 0.25) is 0 Å². The number of benzene rings is 2. The van der Waals surface area contributed by atoms with Gasteiger partial charge in [0.1, 0.15) is 22.8 Å². The summed E-state index contributed by atoms with van der Waals surface area (Å²) < 4.78 is 23.4. The molecule has 1 aromatic heterocycles. The maximum absolute atomic E-state index is 13.2. The standard InChI is InChI=1S/C21H19FN2O4/c1-3-12-27-21(26)15-6-10-17(11-7-15)23-20(25)18-13(2)28-24-19(18)14-4-8-16(22)9-5-14/h4-11H,3,12H2,1-2H3,(H,23,25). The van der Waals surface area contributed by atoms with E-state index in [0.29, 0.717) is 34.9 Å². The number of carbonyl (C=O) groups is 2. The molecule has 0 aliphatic rings. The number of aromatic nitrogens is 1. The molecule has 0 saturated carbocycles. The Morgan fingerprint density at radius 2 is 1.79 bits per heavy atom. The maximum Gasteiger partial charge on any atom is 0.338 e. The van der Waals surface area contributed by atoms with E-state index in [2.05, 4.69) is 10.5 Å². The molecule has 0 atom stereocenters. The molecule has 0 unspecified atom stereocenters. The van der Waals surface area contributed by atoms with Gasteiger partial charge in [0, 0.05) is 11.3 Å². The average molecular weight is 382 g/mol. The van der Waals surface area contributed by atoms with Gasteiger partial charge in [-0.1, -0.05) is 12.1 Å². The predicted octanol–water partition coefficient (Wildman–Crippen LogP) is 4.61. The first-order valence-corrected chi connectivity index (χ1v) is 8.80. The van der Waals surface area contributed by atoms with Gasteiger partial charge in [0.25, 0.3) is 5.91 Å². The van der Waals surface area contributed by atoms with Gasteiger partial charge in [-0.15, -0.1) is 0 Å². The molecule has 1 amide bonds. The summed E-state index contributed by atoms with van der Waals surface area (Å²) >= 11 is 0. The maximum atomic E-state index is 13.2. The number of carbonyl (C=O) groups excluding carboxylic acids is 2. The van der Waals surface area contributed by atoms with Crippen molar-refractivity contribution < 1.29 is 23.2 Å². The van der Waals surface area contributed by atoms with Crippen molar-refractivity contribution in [1.29, 1.82) is 0 Å². The van der Waals surface area contributed by atoms with Gasteiger partial charge in [-0.05, 0) is 61.9 Å². The van der Waals surface area contributed by atoms with Crippen LogP contribution >= 0.6 is 0 Å². The van der Waals surface area contributed by atoms with Crippen LogP contribution in [0, 0.1) is 12.7 Å². The Balaban J connectivity index is 1.78. The van der Waals surface area contributed by atoms with E-state index in [0.717, 1.165) is 6.42 Å². The second kappa shape index (κ2) is 8.47. The highest BCUT2D eigenvalue weighted by Crippen LogP contribution is 2.26. The van der Waals surface area contributed by atoms with Gasteiger partial charge in [0.15, 0.2) is 0 Å². The second-order valence-electron chi connectivity index (χ2n) is 6.14. The minimum atomic E-state index is -0.417.